The Morgan fingerprint density at radius 2 is 1.03 bits per heavy atom. The van der Waals surface area contributed by atoms with Crippen LogP contribution in [0.1, 0.15) is 29.5 Å². The minimum atomic E-state index is -5.72. The Morgan fingerprint density at radius 1 is 0.667 bits per heavy atom. The summed E-state index contributed by atoms with van der Waals surface area (Å²) in [5.41, 5.74) is -6.53. The van der Waals surface area contributed by atoms with Crippen molar-refractivity contribution < 1.29 is 47.9 Å². The molecule has 33 heavy (non-hydrogen) atoms. The standard InChI is InChI=1S/C20H14F9NO2S/c21-18(22,23)13-5-1-11(2-6-13)15-9-17(19(24,25)26,20(27,28)29)10-16(15)12-3-7-14(8-4-12)33(30,31)32/h1-8H,9-10H2,(H2,30,31,32). The van der Waals surface area contributed by atoms with Gasteiger partial charge >= 0.3 is 18.5 Å². The van der Waals surface area contributed by atoms with Crippen molar-refractivity contribution in [2.75, 3.05) is 0 Å². The van der Waals surface area contributed by atoms with Crippen LogP contribution in [0.15, 0.2) is 53.4 Å². The topological polar surface area (TPSA) is 60.2 Å². The van der Waals surface area contributed by atoms with E-state index in [1.807, 2.05) is 0 Å². The average Bonchev–Trinajstić information content (AvgIpc) is 3.09. The number of benzene rings is 2. The summed E-state index contributed by atoms with van der Waals surface area (Å²) in [5.74, 6) is 0. The summed E-state index contributed by atoms with van der Waals surface area (Å²) in [6, 6.07) is 6.58. The summed E-state index contributed by atoms with van der Waals surface area (Å²) in [7, 11) is -4.18. The maximum Gasteiger partial charge on any atom is 0.416 e. The lowest BCUT2D eigenvalue weighted by Gasteiger charge is -2.34. The normalized spacial score (nSPS) is 17.5. The van der Waals surface area contributed by atoms with Crippen LogP contribution >= 0.6 is 0 Å². The third-order valence-corrected chi connectivity index (χ3v) is 6.43. The van der Waals surface area contributed by atoms with Gasteiger partial charge in [0.05, 0.1) is 10.5 Å². The zero-order valence-corrected chi connectivity index (χ0v) is 17.1. The fraction of sp³-hybridized carbons (Fsp3) is 0.300. The molecule has 0 saturated heterocycles. The molecule has 0 aromatic heterocycles. The summed E-state index contributed by atoms with van der Waals surface area (Å²) >= 11 is 0. The van der Waals surface area contributed by atoms with Crippen molar-refractivity contribution in [3.8, 4) is 0 Å². The van der Waals surface area contributed by atoms with E-state index < -0.39 is 68.4 Å². The molecule has 1 aliphatic rings. The van der Waals surface area contributed by atoms with E-state index in [-0.39, 0.29) is 11.1 Å². The van der Waals surface area contributed by atoms with Crippen LogP contribution in [0.5, 0.6) is 0 Å². The van der Waals surface area contributed by atoms with E-state index in [4.69, 9.17) is 5.14 Å². The molecule has 0 saturated carbocycles. The molecule has 0 heterocycles. The van der Waals surface area contributed by atoms with E-state index in [2.05, 4.69) is 0 Å². The molecule has 0 amide bonds. The highest BCUT2D eigenvalue weighted by atomic mass is 32.2. The summed E-state index contributed by atoms with van der Waals surface area (Å²) in [5, 5.41) is 4.96. The van der Waals surface area contributed by atoms with Crippen molar-refractivity contribution in [1.82, 2.24) is 0 Å². The molecule has 0 unspecified atom stereocenters. The Bertz CT molecular complexity index is 1160. The molecule has 0 atom stereocenters. The molecule has 180 valence electrons. The first-order valence-electron chi connectivity index (χ1n) is 9.03. The summed E-state index contributed by atoms with van der Waals surface area (Å²) in [4.78, 5) is -0.418. The van der Waals surface area contributed by atoms with Gasteiger partial charge in [0.1, 0.15) is 0 Å². The molecule has 2 aromatic rings. The zero-order valence-electron chi connectivity index (χ0n) is 16.2. The number of sulfonamides is 1. The summed E-state index contributed by atoms with van der Waals surface area (Å²) in [6.07, 6.45) is -19.3. The fourth-order valence-electron chi connectivity index (χ4n) is 3.70. The second kappa shape index (κ2) is 7.76. The van der Waals surface area contributed by atoms with E-state index >= 15 is 0 Å². The molecule has 2 N–H and O–H groups in total. The van der Waals surface area contributed by atoms with Crippen molar-refractivity contribution in [2.24, 2.45) is 10.6 Å². The van der Waals surface area contributed by atoms with Crippen molar-refractivity contribution in [3.63, 3.8) is 0 Å². The minimum Gasteiger partial charge on any atom is -0.225 e. The van der Waals surface area contributed by atoms with Crippen LogP contribution in [0.2, 0.25) is 0 Å². The minimum absolute atomic E-state index is 0.146. The van der Waals surface area contributed by atoms with Crippen LogP contribution < -0.4 is 5.14 Å². The Kier molecular flexibility index (Phi) is 5.90. The van der Waals surface area contributed by atoms with Gasteiger partial charge in [0, 0.05) is 0 Å². The Balaban J connectivity index is 2.20. The van der Waals surface area contributed by atoms with Crippen molar-refractivity contribution in [1.29, 1.82) is 0 Å². The van der Waals surface area contributed by atoms with Crippen molar-refractivity contribution in [3.05, 3.63) is 65.2 Å². The number of alkyl halides is 9. The van der Waals surface area contributed by atoms with Gasteiger partial charge in [0.15, 0.2) is 5.41 Å². The number of primary sulfonamides is 1. The van der Waals surface area contributed by atoms with Crippen molar-refractivity contribution >= 4 is 21.2 Å². The zero-order chi connectivity index (χ0) is 25.0. The highest BCUT2D eigenvalue weighted by molar-refractivity contribution is 7.89. The number of hydrogen-bond donors (Lipinski definition) is 1. The maximum absolute atomic E-state index is 13.7. The Hall–Kier alpha value is -2.54. The molecular weight excluding hydrogens is 489 g/mol. The lowest BCUT2D eigenvalue weighted by Crippen LogP contribution is -2.48. The smallest absolute Gasteiger partial charge is 0.225 e. The lowest BCUT2D eigenvalue weighted by molar-refractivity contribution is -0.335. The summed E-state index contributed by atoms with van der Waals surface area (Å²) in [6.45, 7) is 0. The van der Waals surface area contributed by atoms with Gasteiger partial charge in [0.25, 0.3) is 0 Å². The van der Waals surface area contributed by atoms with Crippen LogP contribution in [0.3, 0.4) is 0 Å². The molecule has 0 spiro atoms. The predicted octanol–water partition coefficient (Wildman–Crippen LogP) is 6.17. The van der Waals surface area contributed by atoms with E-state index in [0.717, 1.165) is 36.4 Å². The van der Waals surface area contributed by atoms with Crippen LogP contribution in [-0.2, 0) is 16.2 Å². The largest absolute Gasteiger partial charge is 0.416 e. The van der Waals surface area contributed by atoms with Crippen LogP contribution in [-0.4, -0.2) is 20.8 Å². The number of halogens is 9. The number of hydrogen-bond acceptors (Lipinski definition) is 2. The molecule has 0 fully saturated rings. The average molecular weight is 503 g/mol. The maximum atomic E-state index is 13.7. The number of nitrogens with two attached hydrogens (primary N) is 1. The number of rotatable bonds is 3. The van der Waals surface area contributed by atoms with Gasteiger partial charge < -0.3 is 0 Å². The second-order valence-corrected chi connectivity index (χ2v) is 9.09. The first-order chi connectivity index (χ1) is 14.9. The first-order valence-corrected chi connectivity index (χ1v) is 10.6. The molecule has 1 aliphatic carbocycles. The van der Waals surface area contributed by atoms with Crippen LogP contribution in [0, 0.1) is 5.41 Å². The fourth-order valence-corrected chi connectivity index (χ4v) is 4.22. The first kappa shape index (κ1) is 25.1. The monoisotopic (exact) mass is 503 g/mol. The Morgan fingerprint density at radius 3 is 1.33 bits per heavy atom. The molecule has 3 rings (SSSR count). The van der Waals surface area contributed by atoms with Gasteiger partial charge in [-0.2, -0.15) is 39.5 Å². The highest BCUT2D eigenvalue weighted by Crippen LogP contribution is 2.64. The molecule has 13 heteroatoms. The molecule has 0 radical (unpaired) electrons. The predicted molar refractivity (Wildman–Crippen MR) is 99.9 cm³/mol. The molecule has 2 aromatic carbocycles. The second-order valence-electron chi connectivity index (χ2n) is 7.53. The van der Waals surface area contributed by atoms with Crippen LogP contribution in [0.25, 0.3) is 11.1 Å². The molecule has 3 nitrogen and oxygen atoms in total. The molecular formula is C20H14F9NO2S. The van der Waals surface area contributed by atoms with Crippen LogP contribution in [0.4, 0.5) is 39.5 Å². The highest BCUT2D eigenvalue weighted by Gasteiger charge is 2.72. The summed E-state index contributed by atoms with van der Waals surface area (Å²) < 4.78 is 144. The third-order valence-electron chi connectivity index (χ3n) is 5.50. The van der Waals surface area contributed by atoms with Gasteiger partial charge in [-0.05, 0) is 59.4 Å². The van der Waals surface area contributed by atoms with E-state index in [1.54, 1.807) is 0 Å². The molecule has 0 bridgehead atoms. The van der Waals surface area contributed by atoms with Crippen molar-refractivity contribution in [2.45, 2.75) is 36.3 Å². The third kappa shape index (κ3) is 4.60. The Labute approximate surface area is 181 Å². The van der Waals surface area contributed by atoms with Gasteiger partial charge in [-0.1, -0.05) is 24.3 Å². The van der Waals surface area contributed by atoms with Gasteiger partial charge in [0.2, 0.25) is 10.0 Å². The number of allylic oxidation sites excluding steroid dienone is 2. The van der Waals surface area contributed by atoms with Gasteiger partial charge in [-0.3, -0.25) is 0 Å². The van der Waals surface area contributed by atoms with E-state index in [0.29, 0.717) is 12.1 Å². The SMILES string of the molecule is NS(=O)(=O)c1ccc(C2=C(c3ccc(C(F)(F)F)cc3)CC(C(F)(F)F)(C(F)(F)F)C2)cc1. The lowest BCUT2D eigenvalue weighted by atomic mass is 9.81. The quantitative estimate of drug-likeness (QED) is 0.510. The molecule has 0 aliphatic heterocycles. The van der Waals surface area contributed by atoms with E-state index in [9.17, 15) is 47.9 Å². The van der Waals surface area contributed by atoms with Gasteiger partial charge in [-0.25, -0.2) is 13.6 Å². The van der Waals surface area contributed by atoms with Gasteiger partial charge in [-0.15, -0.1) is 0 Å². The van der Waals surface area contributed by atoms with E-state index in [1.165, 1.54) is 0 Å².